The van der Waals surface area contributed by atoms with Crippen molar-refractivity contribution in [3.8, 4) is 0 Å². The molecular formula is C20H23N3O2. The van der Waals surface area contributed by atoms with Crippen molar-refractivity contribution >= 4 is 23.2 Å². The van der Waals surface area contributed by atoms with Crippen LogP contribution in [0.15, 0.2) is 54.6 Å². The number of amides is 2. The van der Waals surface area contributed by atoms with E-state index >= 15 is 0 Å². The molecule has 1 saturated carbocycles. The monoisotopic (exact) mass is 337 g/mol. The van der Waals surface area contributed by atoms with Crippen LogP contribution in [-0.4, -0.2) is 25.9 Å². The number of benzene rings is 2. The number of nitrogens with zero attached hydrogens (tertiary/aromatic N) is 1. The van der Waals surface area contributed by atoms with Gasteiger partial charge >= 0.3 is 0 Å². The molecule has 5 heteroatoms. The molecule has 0 heterocycles. The lowest BCUT2D eigenvalue weighted by Crippen LogP contribution is -2.27. The first-order chi connectivity index (χ1) is 12.0. The Labute approximate surface area is 148 Å². The van der Waals surface area contributed by atoms with E-state index in [2.05, 4.69) is 10.6 Å². The number of anilines is 2. The Hall–Kier alpha value is -2.82. The Kier molecular flexibility index (Phi) is 5.03. The second-order valence-corrected chi connectivity index (χ2v) is 6.58. The first-order valence-corrected chi connectivity index (χ1v) is 8.44. The summed E-state index contributed by atoms with van der Waals surface area (Å²) in [5.41, 5.74) is 2.88. The Balaban J connectivity index is 1.47. The minimum Gasteiger partial charge on any atom is -0.378 e. The van der Waals surface area contributed by atoms with E-state index in [9.17, 15) is 9.59 Å². The van der Waals surface area contributed by atoms with Crippen molar-refractivity contribution in [2.24, 2.45) is 11.8 Å². The molecule has 5 nitrogen and oxygen atoms in total. The summed E-state index contributed by atoms with van der Waals surface area (Å²) < 4.78 is 0. The molecule has 2 unspecified atom stereocenters. The maximum absolute atomic E-state index is 12.3. The molecule has 25 heavy (non-hydrogen) atoms. The van der Waals surface area contributed by atoms with Gasteiger partial charge in [0.15, 0.2) is 0 Å². The van der Waals surface area contributed by atoms with Crippen LogP contribution in [0.1, 0.15) is 12.0 Å². The number of carbonyl (C=O) groups excluding carboxylic acids is 2. The first-order valence-electron chi connectivity index (χ1n) is 8.44. The van der Waals surface area contributed by atoms with Gasteiger partial charge in [-0.25, -0.2) is 0 Å². The summed E-state index contributed by atoms with van der Waals surface area (Å²) in [6.07, 6.45) is 0.613. The molecule has 2 aromatic carbocycles. The lowest BCUT2D eigenvalue weighted by atomic mass is 10.2. The zero-order chi connectivity index (χ0) is 17.8. The lowest BCUT2D eigenvalue weighted by molar-refractivity contribution is -0.125. The molecule has 0 aliphatic heterocycles. The van der Waals surface area contributed by atoms with E-state index in [1.54, 1.807) is 0 Å². The summed E-state index contributed by atoms with van der Waals surface area (Å²) >= 11 is 0. The highest BCUT2D eigenvalue weighted by Crippen LogP contribution is 2.39. The van der Waals surface area contributed by atoms with Gasteiger partial charge in [-0.1, -0.05) is 30.3 Å². The molecule has 0 aromatic heterocycles. The van der Waals surface area contributed by atoms with E-state index in [-0.39, 0.29) is 23.7 Å². The molecule has 0 saturated heterocycles. The predicted octanol–water partition coefficient (Wildman–Crippen LogP) is 2.64. The topological polar surface area (TPSA) is 61.4 Å². The van der Waals surface area contributed by atoms with E-state index in [0.29, 0.717) is 13.0 Å². The standard InChI is InChI=1S/C20H23N3O2/c1-23(2)16-10-8-15(9-11-16)22-20(25)18-12-17(18)19(24)21-13-14-6-4-3-5-7-14/h3-11,17-18H,12-13H2,1-2H3,(H,21,24)(H,22,25). The van der Waals surface area contributed by atoms with Gasteiger partial charge in [-0.15, -0.1) is 0 Å². The quantitative estimate of drug-likeness (QED) is 0.852. The zero-order valence-electron chi connectivity index (χ0n) is 14.5. The third-order valence-corrected chi connectivity index (χ3v) is 4.42. The van der Waals surface area contributed by atoms with E-state index in [4.69, 9.17) is 0 Å². The van der Waals surface area contributed by atoms with Crippen molar-refractivity contribution in [2.75, 3.05) is 24.3 Å². The van der Waals surface area contributed by atoms with E-state index in [1.807, 2.05) is 73.6 Å². The van der Waals surface area contributed by atoms with Crippen molar-refractivity contribution < 1.29 is 9.59 Å². The molecule has 0 radical (unpaired) electrons. The molecule has 0 bridgehead atoms. The highest BCUT2D eigenvalue weighted by Gasteiger charge is 2.47. The maximum atomic E-state index is 12.3. The Bertz CT molecular complexity index is 741. The molecule has 2 amide bonds. The fourth-order valence-corrected chi connectivity index (χ4v) is 2.77. The second-order valence-electron chi connectivity index (χ2n) is 6.58. The number of hydrogen-bond acceptors (Lipinski definition) is 3. The zero-order valence-corrected chi connectivity index (χ0v) is 14.5. The average molecular weight is 337 g/mol. The minimum absolute atomic E-state index is 0.0491. The van der Waals surface area contributed by atoms with Crippen LogP contribution < -0.4 is 15.5 Å². The van der Waals surface area contributed by atoms with Crippen LogP contribution in [0, 0.1) is 11.8 Å². The highest BCUT2D eigenvalue weighted by atomic mass is 16.2. The Morgan fingerprint density at radius 2 is 1.60 bits per heavy atom. The van der Waals surface area contributed by atoms with Crippen LogP contribution in [0.4, 0.5) is 11.4 Å². The van der Waals surface area contributed by atoms with Crippen LogP contribution in [0.2, 0.25) is 0 Å². The third kappa shape index (κ3) is 4.38. The minimum atomic E-state index is -0.232. The smallest absolute Gasteiger partial charge is 0.228 e. The van der Waals surface area contributed by atoms with E-state index < -0.39 is 0 Å². The highest BCUT2D eigenvalue weighted by molar-refractivity contribution is 5.99. The van der Waals surface area contributed by atoms with Gasteiger partial charge < -0.3 is 15.5 Å². The van der Waals surface area contributed by atoms with Crippen molar-refractivity contribution in [1.29, 1.82) is 0 Å². The molecule has 2 aromatic rings. The molecule has 3 rings (SSSR count). The summed E-state index contributed by atoms with van der Waals surface area (Å²) in [6, 6.07) is 17.4. The van der Waals surface area contributed by atoms with Gasteiger partial charge in [-0.3, -0.25) is 9.59 Å². The second kappa shape index (κ2) is 7.38. The van der Waals surface area contributed by atoms with Crippen LogP contribution in [0.3, 0.4) is 0 Å². The van der Waals surface area contributed by atoms with Gasteiger partial charge in [0.05, 0.1) is 11.8 Å². The van der Waals surface area contributed by atoms with Crippen molar-refractivity contribution in [2.45, 2.75) is 13.0 Å². The predicted molar refractivity (Wildman–Crippen MR) is 99.3 cm³/mol. The van der Waals surface area contributed by atoms with E-state index in [1.165, 1.54) is 0 Å². The molecular weight excluding hydrogens is 314 g/mol. The van der Waals surface area contributed by atoms with Crippen LogP contribution in [0.5, 0.6) is 0 Å². The summed E-state index contributed by atoms with van der Waals surface area (Å²) in [5.74, 6) is -0.585. The van der Waals surface area contributed by atoms with Crippen molar-refractivity contribution in [3.63, 3.8) is 0 Å². The molecule has 1 fully saturated rings. The van der Waals surface area contributed by atoms with Crippen LogP contribution in [-0.2, 0) is 16.1 Å². The number of nitrogens with one attached hydrogen (secondary N) is 2. The Morgan fingerprint density at radius 1 is 0.960 bits per heavy atom. The first kappa shape index (κ1) is 17.0. The van der Waals surface area contributed by atoms with Gasteiger partial charge in [-0.05, 0) is 36.2 Å². The summed E-state index contributed by atoms with van der Waals surface area (Å²) in [6.45, 7) is 0.497. The molecule has 130 valence electrons. The van der Waals surface area contributed by atoms with Gasteiger partial charge in [0.1, 0.15) is 0 Å². The number of rotatable bonds is 6. The van der Waals surface area contributed by atoms with Gasteiger partial charge in [0.25, 0.3) is 0 Å². The summed E-state index contributed by atoms with van der Waals surface area (Å²) in [5, 5.41) is 5.80. The van der Waals surface area contributed by atoms with Crippen molar-refractivity contribution in [3.05, 3.63) is 60.2 Å². The number of carbonyl (C=O) groups is 2. The molecule has 0 spiro atoms. The largest absolute Gasteiger partial charge is 0.378 e. The van der Waals surface area contributed by atoms with Crippen LogP contribution >= 0.6 is 0 Å². The average Bonchev–Trinajstić information content (AvgIpc) is 3.42. The molecule has 2 atom stereocenters. The van der Waals surface area contributed by atoms with Gasteiger partial charge in [0, 0.05) is 32.0 Å². The molecule has 2 N–H and O–H groups in total. The van der Waals surface area contributed by atoms with E-state index in [0.717, 1.165) is 16.9 Å². The van der Waals surface area contributed by atoms with Gasteiger partial charge in [0.2, 0.25) is 11.8 Å². The Morgan fingerprint density at radius 3 is 2.24 bits per heavy atom. The third-order valence-electron chi connectivity index (χ3n) is 4.42. The normalized spacial score (nSPS) is 18.3. The molecule has 1 aliphatic carbocycles. The van der Waals surface area contributed by atoms with Crippen LogP contribution in [0.25, 0.3) is 0 Å². The lowest BCUT2D eigenvalue weighted by Gasteiger charge is -2.13. The summed E-state index contributed by atoms with van der Waals surface area (Å²) in [4.78, 5) is 26.4. The fraction of sp³-hybridized carbons (Fsp3) is 0.300. The fourth-order valence-electron chi connectivity index (χ4n) is 2.77. The van der Waals surface area contributed by atoms with Crippen molar-refractivity contribution in [1.82, 2.24) is 5.32 Å². The SMILES string of the molecule is CN(C)c1ccc(NC(=O)C2CC2C(=O)NCc2ccccc2)cc1. The summed E-state index contributed by atoms with van der Waals surface area (Å²) in [7, 11) is 3.94. The maximum Gasteiger partial charge on any atom is 0.228 e. The number of hydrogen-bond donors (Lipinski definition) is 2. The molecule has 1 aliphatic rings. The van der Waals surface area contributed by atoms with Gasteiger partial charge in [-0.2, -0.15) is 0 Å².